The fourth-order valence-electron chi connectivity index (χ4n) is 2.48. The van der Waals surface area contributed by atoms with Crippen LogP contribution in [0.15, 0.2) is 4.99 Å². The molecule has 1 aliphatic carbocycles. The molecule has 6 heteroatoms. The Bertz CT molecular complexity index is 340. The van der Waals surface area contributed by atoms with Crippen molar-refractivity contribution in [3.05, 3.63) is 0 Å². The molecule has 1 atom stereocenters. The first kappa shape index (κ1) is 14.1. The summed E-state index contributed by atoms with van der Waals surface area (Å²) in [6.07, 6.45) is 4.65. The first-order valence-electron chi connectivity index (χ1n) is 7.26. The van der Waals surface area contributed by atoms with Gasteiger partial charge in [0.25, 0.3) is 0 Å². The highest BCUT2D eigenvalue weighted by atomic mass is 16.2. The average Bonchev–Trinajstić information content (AvgIpc) is 3.08. The lowest BCUT2D eigenvalue weighted by atomic mass is 10.2. The Balaban J connectivity index is 1.64. The zero-order valence-electron chi connectivity index (χ0n) is 11.7. The molecule has 0 radical (unpaired) electrons. The van der Waals surface area contributed by atoms with Gasteiger partial charge in [0.1, 0.15) is 6.54 Å². The second kappa shape index (κ2) is 6.75. The van der Waals surface area contributed by atoms with Crippen LogP contribution in [0, 0.1) is 0 Å². The molecule has 0 aromatic carbocycles. The molecule has 2 aliphatic rings. The molecule has 0 bridgehead atoms. The number of likely N-dealkylation sites (tertiary alicyclic amines) is 1. The fraction of sp³-hybridized carbons (Fsp3) is 0.846. The number of nitrogens with one attached hydrogen (secondary N) is 2. The number of nitrogens with zero attached hydrogens (tertiary/aromatic N) is 2. The number of hydrogen-bond acceptors (Lipinski definition) is 3. The summed E-state index contributed by atoms with van der Waals surface area (Å²) in [5.41, 5.74) is 5.77. The molecule has 0 aromatic heterocycles. The molecule has 1 saturated carbocycles. The second-order valence-electron chi connectivity index (χ2n) is 5.35. The van der Waals surface area contributed by atoms with Crippen molar-refractivity contribution in [3.8, 4) is 0 Å². The molecule has 1 aliphatic heterocycles. The molecule has 2 rings (SSSR count). The summed E-state index contributed by atoms with van der Waals surface area (Å²) in [6, 6.07) is 0.924. The minimum absolute atomic E-state index is 0.0386. The summed E-state index contributed by atoms with van der Waals surface area (Å²) in [6.45, 7) is 5.36. The summed E-state index contributed by atoms with van der Waals surface area (Å²) >= 11 is 0. The minimum atomic E-state index is -0.0386. The lowest BCUT2D eigenvalue weighted by Gasteiger charge is -2.23. The van der Waals surface area contributed by atoms with E-state index in [0.29, 0.717) is 18.0 Å². The van der Waals surface area contributed by atoms with Crippen LogP contribution in [0.5, 0.6) is 0 Å². The van der Waals surface area contributed by atoms with Gasteiger partial charge in [-0.15, -0.1) is 0 Å². The molecule has 6 nitrogen and oxygen atoms in total. The largest absolute Gasteiger partial charge is 0.370 e. The molecule has 108 valence electrons. The molecule has 0 aromatic rings. The first-order valence-corrected chi connectivity index (χ1v) is 7.26. The Morgan fingerprint density at radius 2 is 2.21 bits per heavy atom. The molecule has 0 spiro atoms. The Hall–Kier alpha value is -1.30. The molecule has 1 amide bonds. The number of carbonyl (C=O) groups excluding carboxylic acids is 1. The third kappa shape index (κ3) is 4.70. The van der Waals surface area contributed by atoms with Gasteiger partial charge in [-0.25, -0.2) is 4.99 Å². The summed E-state index contributed by atoms with van der Waals surface area (Å²) < 4.78 is 0. The number of carbonyl (C=O) groups is 1. The average molecular weight is 267 g/mol. The Morgan fingerprint density at radius 3 is 2.89 bits per heavy atom. The van der Waals surface area contributed by atoms with E-state index in [1.165, 1.54) is 19.4 Å². The Labute approximate surface area is 114 Å². The molecular weight excluding hydrogens is 242 g/mol. The predicted molar refractivity (Wildman–Crippen MR) is 75.9 cm³/mol. The summed E-state index contributed by atoms with van der Waals surface area (Å²) in [5, 5.41) is 6.00. The topological polar surface area (TPSA) is 82.8 Å². The van der Waals surface area contributed by atoms with Crippen LogP contribution in [-0.2, 0) is 4.79 Å². The number of nitrogens with two attached hydrogens (primary N) is 1. The van der Waals surface area contributed by atoms with Gasteiger partial charge >= 0.3 is 0 Å². The van der Waals surface area contributed by atoms with E-state index in [4.69, 9.17) is 5.73 Å². The first-order chi connectivity index (χ1) is 9.19. The van der Waals surface area contributed by atoms with Gasteiger partial charge in [0.2, 0.25) is 5.91 Å². The van der Waals surface area contributed by atoms with E-state index >= 15 is 0 Å². The van der Waals surface area contributed by atoms with Crippen molar-refractivity contribution in [1.82, 2.24) is 15.5 Å². The van der Waals surface area contributed by atoms with Gasteiger partial charge in [-0.2, -0.15) is 0 Å². The fourth-order valence-corrected chi connectivity index (χ4v) is 2.48. The third-order valence-electron chi connectivity index (χ3n) is 3.76. The number of rotatable bonds is 6. The highest BCUT2D eigenvalue weighted by molar-refractivity contribution is 5.84. The van der Waals surface area contributed by atoms with Crippen LogP contribution >= 0.6 is 0 Å². The predicted octanol–water partition coefficient (Wildman–Crippen LogP) is -0.346. The SMILES string of the molecule is CCN1CCCC1CNC(N)=NCC(=O)NC1CC1. The molecule has 1 saturated heterocycles. The standard InChI is InChI=1S/C13H25N5O/c1-2-18-7-3-4-11(18)8-15-13(14)16-9-12(19)17-10-5-6-10/h10-11H,2-9H2,1H3,(H,17,19)(H3,14,15,16). The van der Waals surface area contributed by atoms with Gasteiger partial charge in [0, 0.05) is 18.6 Å². The summed E-state index contributed by atoms with van der Waals surface area (Å²) in [5.74, 6) is 0.331. The van der Waals surface area contributed by atoms with Crippen molar-refractivity contribution in [2.45, 2.75) is 44.7 Å². The van der Waals surface area contributed by atoms with Crippen LogP contribution in [0.2, 0.25) is 0 Å². The smallest absolute Gasteiger partial charge is 0.242 e. The van der Waals surface area contributed by atoms with Crippen LogP contribution in [0.25, 0.3) is 0 Å². The summed E-state index contributed by atoms with van der Waals surface area (Å²) in [7, 11) is 0. The molecule has 2 fully saturated rings. The molecule has 19 heavy (non-hydrogen) atoms. The third-order valence-corrected chi connectivity index (χ3v) is 3.76. The molecular formula is C13H25N5O. The van der Waals surface area contributed by atoms with Crippen molar-refractivity contribution < 1.29 is 4.79 Å². The highest BCUT2D eigenvalue weighted by Crippen LogP contribution is 2.18. The van der Waals surface area contributed by atoms with E-state index in [1.807, 2.05) is 0 Å². The van der Waals surface area contributed by atoms with Crippen LogP contribution in [0.3, 0.4) is 0 Å². The van der Waals surface area contributed by atoms with Crippen LogP contribution in [0.4, 0.5) is 0 Å². The van der Waals surface area contributed by atoms with Crippen molar-refractivity contribution >= 4 is 11.9 Å². The van der Waals surface area contributed by atoms with Gasteiger partial charge in [-0.1, -0.05) is 6.92 Å². The van der Waals surface area contributed by atoms with E-state index in [-0.39, 0.29) is 12.5 Å². The second-order valence-corrected chi connectivity index (χ2v) is 5.35. The number of likely N-dealkylation sites (N-methyl/N-ethyl adjacent to an activating group) is 1. The number of amides is 1. The number of guanidine groups is 1. The minimum Gasteiger partial charge on any atom is -0.370 e. The maximum absolute atomic E-state index is 11.4. The zero-order valence-corrected chi connectivity index (χ0v) is 11.7. The van der Waals surface area contributed by atoms with E-state index in [1.54, 1.807) is 0 Å². The van der Waals surface area contributed by atoms with Gasteiger partial charge in [-0.3, -0.25) is 9.69 Å². The Kier molecular flexibility index (Phi) is 5.01. The summed E-state index contributed by atoms with van der Waals surface area (Å²) in [4.78, 5) is 18.0. The number of hydrogen-bond donors (Lipinski definition) is 3. The van der Waals surface area contributed by atoms with Crippen LogP contribution in [-0.4, -0.2) is 55.0 Å². The van der Waals surface area contributed by atoms with E-state index in [2.05, 4.69) is 27.4 Å². The molecule has 4 N–H and O–H groups in total. The number of aliphatic imine (C=N–C) groups is 1. The highest BCUT2D eigenvalue weighted by Gasteiger charge is 2.23. The maximum atomic E-state index is 11.4. The zero-order chi connectivity index (χ0) is 13.7. The lowest BCUT2D eigenvalue weighted by Crippen LogP contribution is -2.43. The monoisotopic (exact) mass is 267 g/mol. The van der Waals surface area contributed by atoms with Crippen molar-refractivity contribution in [1.29, 1.82) is 0 Å². The van der Waals surface area contributed by atoms with Crippen molar-refractivity contribution in [2.24, 2.45) is 10.7 Å². The van der Waals surface area contributed by atoms with Crippen molar-refractivity contribution in [2.75, 3.05) is 26.2 Å². The van der Waals surface area contributed by atoms with Crippen LogP contribution < -0.4 is 16.4 Å². The van der Waals surface area contributed by atoms with Gasteiger partial charge < -0.3 is 16.4 Å². The van der Waals surface area contributed by atoms with Crippen molar-refractivity contribution in [3.63, 3.8) is 0 Å². The van der Waals surface area contributed by atoms with Crippen LogP contribution in [0.1, 0.15) is 32.6 Å². The van der Waals surface area contributed by atoms with E-state index < -0.39 is 0 Å². The van der Waals surface area contributed by atoms with Gasteiger partial charge in [-0.05, 0) is 38.8 Å². The molecule has 1 unspecified atom stereocenters. The van der Waals surface area contributed by atoms with Gasteiger partial charge in [0.05, 0.1) is 0 Å². The maximum Gasteiger partial charge on any atom is 0.242 e. The molecule has 1 heterocycles. The Morgan fingerprint density at radius 1 is 1.42 bits per heavy atom. The quantitative estimate of drug-likeness (QED) is 0.454. The van der Waals surface area contributed by atoms with E-state index in [0.717, 1.165) is 25.9 Å². The van der Waals surface area contributed by atoms with E-state index in [9.17, 15) is 4.79 Å². The normalized spacial score (nSPS) is 24.5. The van der Waals surface area contributed by atoms with Gasteiger partial charge in [0.15, 0.2) is 5.96 Å². The lowest BCUT2D eigenvalue weighted by molar-refractivity contribution is -0.119.